The van der Waals surface area contributed by atoms with Crippen molar-refractivity contribution in [2.24, 2.45) is 0 Å². The molecule has 0 radical (unpaired) electrons. The fraction of sp³-hybridized carbons (Fsp3) is 0.195. The van der Waals surface area contributed by atoms with Crippen LogP contribution < -0.4 is 28.4 Å². The van der Waals surface area contributed by atoms with Gasteiger partial charge in [-0.15, -0.1) is 0 Å². The van der Waals surface area contributed by atoms with Gasteiger partial charge in [0.1, 0.15) is 28.7 Å². The van der Waals surface area contributed by atoms with E-state index in [4.69, 9.17) is 40.0 Å². The summed E-state index contributed by atoms with van der Waals surface area (Å²) < 4.78 is 82.5. The molecule has 6 aromatic heterocycles. The summed E-state index contributed by atoms with van der Waals surface area (Å²) in [4.78, 5) is 26.6. The van der Waals surface area contributed by atoms with Gasteiger partial charge in [0.2, 0.25) is 0 Å². The van der Waals surface area contributed by atoms with Crippen LogP contribution in [0.3, 0.4) is 0 Å². The minimum Gasteiger partial charge on any atom is -0.497 e. The third-order valence-electron chi connectivity index (χ3n) is 15.1. The van der Waals surface area contributed by atoms with E-state index in [-0.39, 0.29) is 17.3 Å². The molecule has 12 nitrogen and oxygen atoms in total. The highest BCUT2D eigenvalue weighted by molar-refractivity contribution is 6.32. The number of nitrogens with zero attached hydrogens (tertiary/aromatic N) is 6. The summed E-state index contributed by atoms with van der Waals surface area (Å²) in [6.45, 7) is 15.9. The van der Waals surface area contributed by atoms with Crippen molar-refractivity contribution in [2.75, 3.05) is 42.7 Å². The van der Waals surface area contributed by atoms with Crippen LogP contribution in [0, 0.1) is 54.3 Å². The average Bonchev–Trinajstić information content (AvgIpc) is 0.829. The second kappa shape index (κ2) is 37.0. The van der Waals surface area contributed by atoms with Gasteiger partial charge in [-0.1, -0.05) is 54.9 Å². The smallest absolute Gasteiger partial charge is 0.419 e. The van der Waals surface area contributed by atoms with Gasteiger partial charge in [-0.25, -0.2) is 4.39 Å². The third-order valence-corrected chi connectivity index (χ3v) is 15.4. The Hall–Kier alpha value is -11.0. The second-order valence-corrected chi connectivity index (χ2v) is 22.8. The predicted octanol–water partition coefficient (Wildman–Crippen LogP) is 21.1. The number of halogens is 5. The molecule has 510 valence electrons. The van der Waals surface area contributed by atoms with Crippen LogP contribution in [-0.4, -0.2) is 72.6 Å². The van der Waals surface area contributed by atoms with E-state index in [9.17, 15) is 17.6 Å². The molecule has 0 aliphatic carbocycles. The van der Waals surface area contributed by atoms with Gasteiger partial charge in [-0.05, 0) is 254 Å². The molecule has 0 aliphatic heterocycles. The molecule has 12 aromatic rings. The van der Waals surface area contributed by atoms with Gasteiger partial charge < -0.3 is 28.4 Å². The van der Waals surface area contributed by atoms with E-state index in [1.807, 2.05) is 180 Å². The van der Waals surface area contributed by atoms with Crippen LogP contribution in [0.1, 0.15) is 57.8 Å². The first kappa shape index (κ1) is 75.4. The lowest BCUT2D eigenvalue weighted by atomic mass is 10.0. The summed E-state index contributed by atoms with van der Waals surface area (Å²) in [5, 5.41) is 0.600. The van der Waals surface area contributed by atoms with E-state index in [1.165, 1.54) is 31.9 Å². The number of pyridine rings is 6. The zero-order valence-electron chi connectivity index (χ0n) is 58.1. The first-order chi connectivity index (χ1) is 47.6. The third kappa shape index (κ3) is 22.3. The minimum absolute atomic E-state index is 0.191. The van der Waals surface area contributed by atoms with Crippen LogP contribution in [0.2, 0.25) is 5.02 Å². The molecule has 0 bridgehead atoms. The Labute approximate surface area is 583 Å². The van der Waals surface area contributed by atoms with Crippen LogP contribution >= 0.6 is 11.6 Å². The fourth-order valence-corrected chi connectivity index (χ4v) is 10.2. The van der Waals surface area contributed by atoms with E-state index in [2.05, 4.69) is 68.0 Å². The van der Waals surface area contributed by atoms with Crippen molar-refractivity contribution >= 4 is 11.6 Å². The molecular formula is C82H81ClF4N6O6. The Morgan fingerprint density at radius 3 is 1.12 bits per heavy atom. The molecule has 0 amide bonds. The summed E-state index contributed by atoms with van der Waals surface area (Å²) in [5.74, 6) is 3.03. The number of aromatic nitrogens is 6. The van der Waals surface area contributed by atoms with Crippen LogP contribution in [0.15, 0.2) is 224 Å². The van der Waals surface area contributed by atoms with Crippen molar-refractivity contribution in [2.45, 2.75) is 68.0 Å². The lowest BCUT2D eigenvalue weighted by molar-refractivity contribution is -0.138. The maximum Gasteiger partial charge on any atom is 0.419 e. The van der Waals surface area contributed by atoms with E-state index in [0.29, 0.717) is 22.0 Å². The number of benzene rings is 6. The molecule has 12 rings (SSSR count). The Balaban J connectivity index is 0.000000167. The van der Waals surface area contributed by atoms with E-state index in [1.54, 1.807) is 71.8 Å². The van der Waals surface area contributed by atoms with E-state index in [0.717, 1.165) is 126 Å². The van der Waals surface area contributed by atoms with Crippen LogP contribution in [0.4, 0.5) is 17.6 Å². The standard InChI is InChI=1S/C15H17NO.C14H12F3NO.C14H15NO.C13H12ClNO.C13H12FNO.C13H13NO/c1-4-13-6-5-7-14(16-13)12-8-9-15(17-3)11(2)10-12;1-9-4-3-5-12(18-9)10-6-7-13(19-2)11(8-10)14(15,16)17;1-10-9-12(16-3)7-8-13(10)14-6-4-5-11(2)15-14;2*1-9-4-3-5-12(15-9)10-6-7-13(16-2)11(14)8-10;1-10-4-3-5-13(14-10)11-6-8-12(15-2)9-7-11/h5-10H,4H2,1-3H3;3-8H,1-2H3;4-9H,1-3H3;2*3-8H,1-2H3;3-9H,1-2H3. The quantitative estimate of drug-likeness (QED) is 0.102. The molecule has 0 fully saturated rings. The lowest BCUT2D eigenvalue weighted by Crippen LogP contribution is -2.07. The highest BCUT2D eigenvalue weighted by atomic mass is 35.5. The van der Waals surface area contributed by atoms with E-state index < -0.39 is 11.7 Å². The fourth-order valence-electron chi connectivity index (χ4n) is 9.94. The molecule has 0 atom stereocenters. The van der Waals surface area contributed by atoms with Crippen molar-refractivity contribution in [1.29, 1.82) is 0 Å². The summed E-state index contributed by atoms with van der Waals surface area (Å²) in [6, 6.07) is 69.6. The minimum atomic E-state index is -4.45. The van der Waals surface area contributed by atoms with Crippen LogP contribution in [0.5, 0.6) is 34.5 Å². The Morgan fingerprint density at radius 1 is 0.333 bits per heavy atom. The molecule has 6 heterocycles. The number of hydrogen-bond donors (Lipinski definition) is 0. The normalized spacial score (nSPS) is 10.4. The topological polar surface area (TPSA) is 133 Å². The summed E-state index contributed by atoms with van der Waals surface area (Å²) in [6.07, 6.45) is -3.49. The molecule has 0 spiro atoms. The number of rotatable bonds is 13. The zero-order valence-corrected chi connectivity index (χ0v) is 58.8. The van der Waals surface area contributed by atoms with Crippen molar-refractivity contribution in [3.05, 3.63) is 286 Å². The molecule has 6 aromatic carbocycles. The summed E-state index contributed by atoms with van der Waals surface area (Å²) >= 11 is 6.07. The zero-order chi connectivity index (χ0) is 71.6. The maximum atomic E-state index is 13.5. The number of ether oxygens (including phenoxy) is 6. The Morgan fingerprint density at radius 2 is 0.707 bits per heavy atom. The number of methoxy groups -OCH3 is 6. The molecule has 17 heteroatoms. The molecule has 0 N–H and O–H groups in total. The number of hydrogen-bond acceptors (Lipinski definition) is 12. The molecule has 0 aliphatic rings. The molecular weight excluding hydrogens is 1280 g/mol. The Bertz CT molecular complexity index is 4500. The van der Waals surface area contributed by atoms with Crippen molar-refractivity contribution in [3.63, 3.8) is 0 Å². The van der Waals surface area contributed by atoms with Crippen molar-refractivity contribution in [3.8, 4) is 102 Å². The van der Waals surface area contributed by atoms with Crippen molar-refractivity contribution < 1.29 is 46.0 Å². The van der Waals surface area contributed by atoms with Crippen LogP contribution in [-0.2, 0) is 12.6 Å². The van der Waals surface area contributed by atoms with Crippen molar-refractivity contribution in [1.82, 2.24) is 29.9 Å². The SMILES string of the molecule is CCc1cccc(-c2ccc(OC)c(C)c2)n1.COc1ccc(-c2cccc(C)n2)c(C)c1.COc1ccc(-c2cccc(C)n2)cc1.COc1ccc(-c2cccc(C)n2)cc1C(F)(F)F.COc1ccc(-c2cccc(C)n2)cc1Cl.COc1ccc(-c2cccc(C)n2)cc1F. The first-order valence-corrected chi connectivity index (χ1v) is 32.0. The summed E-state index contributed by atoms with van der Waals surface area (Å²) in [7, 11) is 9.31. The number of aryl methyl sites for hydroxylation is 8. The highest BCUT2D eigenvalue weighted by Crippen LogP contribution is 2.39. The van der Waals surface area contributed by atoms with E-state index >= 15 is 0 Å². The van der Waals surface area contributed by atoms with Gasteiger partial charge in [0.25, 0.3) is 0 Å². The monoisotopic (exact) mass is 1360 g/mol. The molecule has 0 unspecified atom stereocenters. The summed E-state index contributed by atoms with van der Waals surface area (Å²) in [5.41, 5.74) is 18.2. The molecule has 99 heavy (non-hydrogen) atoms. The van der Waals surface area contributed by atoms with Gasteiger partial charge >= 0.3 is 6.18 Å². The average molecular weight is 1360 g/mol. The molecule has 0 saturated heterocycles. The van der Waals surface area contributed by atoms with Gasteiger partial charge in [0.05, 0.1) is 87.4 Å². The van der Waals surface area contributed by atoms with Gasteiger partial charge in [0.15, 0.2) is 11.6 Å². The lowest BCUT2D eigenvalue weighted by Gasteiger charge is -2.13. The second-order valence-electron chi connectivity index (χ2n) is 22.4. The Kier molecular flexibility index (Phi) is 28.1. The van der Waals surface area contributed by atoms with Gasteiger partial charge in [-0.3, -0.25) is 29.9 Å². The van der Waals surface area contributed by atoms with Gasteiger partial charge in [-0.2, -0.15) is 13.2 Å². The largest absolute Gasteiger partial charge is 0.497 e. The maximum absolute atomic E-state index is 13.5. The highest BCUT2D eigenvalue weighted by Gasteiger charge is 2.34. The number of alkyl halides is 3. The van der Waals surface area contributed by atoms with Crippen LogP contribution in [0.25, 0.3) is 67.5 Å². The van der Waals surface area contributed by atoms with Gasteiger partial charge in [0, 0.05) is 67.5 Å². The molecule has 0 saturated carbocycles. The predicted molar refractivity (Wildman–Crippen MR) is 390 cm³/mol. The first-order valence-electron chi connectivity index (χ1n) is 31.6.